The van der Waals surface area contributed by atoms with Crippen LogP contribution < -0.4 is 11.1 Å². The van der Waals surface area contributed by atoms with E-state index in [9.17, 15) is 9.59 Å². The summed E-state index contributed by atoms with van der Waals surface area (Å²) in [5.41, 5.74) is 6.03. The first kappa shape index (κ1) is 11.6. The number of carbonyl (C=O) groups is 2. The minimum absolute atomic E-state index is 0.138. The summed E-state index contributed by atoms with van der Waals surface area (Å²) in [6.45, 7) is 0. The van der Waals surface area contributed by atoms with Crippen LogP contribution in [-0.4, -0.2) is 27.0 Å². The van der Waals surface area contributed by atoms with E-state index in [0.29, 0.717) is 11.3 Å². The van der Waals surface area contributed by atoms with Gasteiger partial charge in [-0.2, -0.15) is 10.2 Å². The lowest BCUT2D eigenvalue weighted by Crippen LogP contribution is -2.15. The number of aromatic nitrogens is 3. The number of anilines is 1. The monoisotopic (exact) mass is 243 g/mol. The summed E-state index contributed by atoms with van der Waals surface area (Å²) in [7, 11) is 0. The maximum atomic E-state index is 11.7. The minimum Gasteiger partial charge on any atom is -0.364 e. The molecule has 2 aromatic rings. The highest BCUT2D eigenvalue weighted by atomic mass is 16.2. The Morgan fingerprint density at radius 1 is 1.11 bits per heavy atom. The third-order valence-electron chi connectivity index (χ3n) is 2.12. The van der Waals surface area contributed by atoms with E-state index in [1.165, 1.54) is 30.7 Å². The molecule has 0 saturated heterocycles. The molecule has 2 heterocycles. The van der Waals surface area contributed by atoms with Gasteiger partial charge in [-0.25, -0.2) is 4.98 Å². The molecule has 0 bridgehead atoms. The smallest absolute Gasteiger partial charge is 0.267 e. The van der Waals surface area contributed by atoms with Crippen molar-refractivity contribution in [3.63, 3.8) is 0 Å². The van der Waals surface area contributed by atoms with E-state index < -0.39 is 5.91 Å². The van der Waals surface area contributed by atoms with Gasteiger partial charge in [0.25, 0.3) is 11.8 Å². The van der Waals surface area contributed by atoms with Gasteiger partial charge in [-0.05, 0) is 18.2 Å². The second-order valence-corrected chi connectivity index (χ2v) is 3.38. The van der Waals surface area contributed by atoms with E-state index in [-0.39, 0.29) is 11.6 Å². The number of amides is 2. The summed E-state index contributed by atoms with van der Waals surface area (Å²) < 4.78 is 0. The van der Waals surface area contributed by atoms with E-state index >= 15 is 0 Å². The summed E-state index contributed by atoms with van der Waals surface area (Å²) in [4.78, 5) is 26.4. The van der Waals surface area contributed by atoms with Gasteiger partial charge in [0.1, 0.15) is 5.69 Å². The first-order chi connectivity index (χ1) is 8.66. The van der Waals surface area contributed by atoms with Crippen molar-refractivity contribution in [2.24, 2.45) is 5.73 Å². The summed E-state index contributed by atoms with van der Waals surface area (Å²) in [5.74, 6) is -0.954. The largest absolute Gasteiger partial charge is 0.364 e. The van der Waals surface area contributed by atoms with E-state index in [1.807, 2.05) is 0 Å². The molecule has 0 aliphatic heterocycles. The van der Waals surface area contributed by atoms with Crippen LogP contribution >= 0.6 is 0 Å². The zero-order chi connectivity index (χ0) is 13.0. The Labute approximate surface area is 102 Å². The van der Waals surface area contributed by atoms with Crippen LogP contribution in [0.3, 0.4) is 0 Å². The van der Waals surface area contributed by atoms with Crippen LogP contribution in [-0.2, 0) is 0 Å². The molecule has 18 heavy (non-hydrogen) atoms. The standard InChI is InChI=1S/C11H9N5O2/c12-10(17)9-2-1-8(6-13-9)16-11(18)7-3-4-14-15-5-7/h1-6H,(H2,12,17)(H,16,18). The van der Waals surface area contributed by atoms with Crippen molar-refractivity contribution in [3.05, 3.63) is 48.0 Å². The molecule has 0 radical (unpaired) electrons. The number of rotatable bonds is 3. The molecular formula is C11H9N5O2. The van der Waals surface area contributed by atoms with Crippen LogP contribution in [0.5, 0.6) is 0 Å². The maximum Gasteiger partial charge on any atom is 0.267 e. The predicted octanol–water partition coefficient (Wildman–Crippen LogP) is 0.223. The van der Waals surface area contributed by atoms with Gasteiger partial charge < -0.3 is 11.1 Å². The molecule has 90 valence electrons. The molecule has 0 fully saturated rings. The van der Waals surface area contributed by atoms with Crippen LogP contribution in [0.15, 0.2) is 36.8 Å². The van der Waals surface area contributed by atoms with Gasteiger partial charge in [0.05, 0.1) is 29.8 Å². The molecule has 3 N–H and O–H groups in total. The molecule has 0 unspecified atom stereocenters. The lowest BCUT2D eigenvalue weighted by atomic mass is 10.2. The Morgan fingerprint density at radius 3 is 2.50 bits per heavy atom. The van der Waals surface area contributed by atoms with E-state index in [1.54, 1.807) is 6.07 Å². The van der Waals surface area contributed by atoms with Crippen LogP contribution in [0.2, 0.25) is 0 Å². The number of primary amides is 1. The van der Waals surface area contributed by atoms with Crippen LogP contribution in [0.25, 0.3) is 0 Å². The molecule has 7 nitrogen and oxygen atoms in total. The molecular weight excluding hydrogens is 234 g/mol. The number of carbonyl (C=O) groups excluding carboxylic acids is 2. The van der Waals surface area contributed by atoms with Crippen LogP contribution in [0.1, 0.15) is 20.8 Å². The first-order valence-electron chi connectivity index (χ1n) is 5.01. The molecule has 2 aromatic heterocycles. The van der Waals surface area contributed by atoms with Crippen molar-refractivity contribution < 1.29 is 9.59 Å². The SMILES string of the molecule is NC(=O)c1ccc(NC(=O)c2ccnnc2)cn1. The lowest BCUT2D eigenvalue weighted by Gasteiger charge is -2.04. The highest BCUT2D eigenvalue weighted by Crippen LogP contribution is 2.07. The number of nitrogens with zero attached hydrogens (tertiary/aromatic N) is 3. The molecule has 0 atom stereocenters. The molecule has 0 aliphatic carbocycles. The van der Waals surface area contributed by atoms with Crippen molar-refractivity contribution in [3.8, 4) is 0 Å². The Kier molecular flexibility index (Phi) is 3.24. The zero-order valence-electron chi connectivity index (χ0n) is 9.20. The number of pyridine rings is 1. The quantitative estimate of drug-likeness (QED) is 0.801. The Morgan fingerprint density at radius 2 is 1.94 bits per heavy atom. The molecule has 0 aromatic carbocycles. The van der Waals surface area contributed by atoms with Crippen molar-refractivity contribution in [1.82, 2.24) is 15.2 Å². The Hall–Kier alpha value is -2.83. The highest BCUT2D eigenvalue weighted by molar-refractivity contribution is 6.04. The second-order valence-electron chi connectivity index (χ2n) is 3.38. The maximum absolute atomic E-state index is 11.7. The van der Waals surface area contributed by atoms with Gasteiger partial charge in [-0.1, -0.05) is 0 Å². The third kappa shape index (κ3) is 2.64. The molecule has 0 saturated carbocycles. The number of hydrogen-bond acceptors (Lipinski definition) is 5. The van der Waals surface area contributed by atoms with E-state index in [0.717, 1.165) is 0 Å². The van der Waals surface area contributed by atoms with Crippen molar-refractivity contribution in [2.75, 3.05) is 5.32 Å². The van der Waals surface area contributed by atoms with Crippen molar-refractivity contribution in [1.29, 1.82) is 0 Å². The van der Waals surface area contributed by atoms with Crippen molar-refractivity contribution in [2.45, 2.75) is 0 Å². The number of nitrogens with one attached hydrogen (secondary N) is 1. The Bertz CT molecular complexity index is 568. The average Bonchev–Trinajstić information content (AvgIpc) is 2.40. The molecule has 0 spiro atoms. The Balaban J connectivity index is 2.10. The fourth-order valence-corrected chi connectivity index (χ4v) is 1.24. The molecule has 2 rings (SSSR count). The normalized spacial score (nSPS) is 9.78. The zero-order valence-corrected chi connectivity index (χ0v) is 9.20. The van der Waals surface area contributed by atoms with Gasteiger partial charge in [0.2, 0.25) is 0 Å². The van der Waals surface area contributed by atoms with Crippen LogP contribution in [0, 0.1) is 0 Å². The second kappa shape index (κ2) is 5.00. The summed E-state index contributed by atoms with van der Waals surface area (Å²) in [6.07, 6.45) is 4.12. The first-order valence-corrected chi connectivity index (χ1v) is 5.01. The minimum atomic E-state index is -0.619. The lowest BCUT2D eigenvalue weighted by molar-refractivity contribution is 0.0994. The fraction of sp³-hybridized carbons (Fsp3) is 0. The topological polar surface area (TPSA) is 111 Å². The van der Waals surface area contributed by atoms with E-state index in [4.69, 9.17) is 5.73 Å². The van der Waals surface area contributed by atoms with Gasteiger partial charge in [-0.3, -0.25) is 9.59 Å². The predicted molar refractivity (Wildman–Crippen MR) is 62.7 cm³/mol. The fourth-order valence-electron chi connectivity index (χ4n) is 1.24. The molecule has 7 heteroatoms. The van der Waals surface area contributed by atoms with E-state index in [2.05, 4.69) is 20.5 Å². The summed E-state index contributed by atoms with van der Waals surface area (Å²) >= 11 is 0. The summed E-state index contributed by atoms with van der Waals surface area (Å²) in [6, 6.07) is 4.51. The average molecular weight is 243 g/mol. The van der Waals surface area contributed by atoms with Gasteiger partial charge in [-0.15, -0.1) is 0 Å². The van der Waals surface area contributed by atoms with Gasteiger partial charge in [0, 0.05) is 0 Å². The number of nitrogens with two attached hydrogens (primary N) is 1. The highest BCUT2D eigenvalue weighted by Gasteiger charge is 2.07. The van der Waals surface area contributed by atoms with Crippen molar-refractivity contribution >= 4 is 17.5 Å². The van der Waals surface area contributed by atoms with Gasteiger partial charge in [0.15, 0.2) is 0 Å². The number of hydrogen-bond donors (Lipinski definition) is 2. The summed E-state index contributed by atoms with van der Waals surface area (Å²) in [5, 5.41) is 9.77. The third-order valence-corrected chi connectivity index (χ3v) is 2.12. The van der Waals surface area contributed by atoms with Crippen LogP contribution in [0.4, 0.5) is 5.69 Å². The van der Waals surface area contributed by atoms with Gasteiger partial charge >= 0.3 is 0 Å². The molecule has 0 aliphatic rings. The molecule has 2 amide bonds.